The monoisotopic (exact) mass is 1470 g/mol. The number of fused-ring (bicyclic) bond motifs is 2. The maximum atomic E-state index is 16.1. The highest BCUT2D eigenvalue weighted by atomic mass is 32.2. The fraction of sp³-hybridized carbons (Fsp3) is 0.470. The van der Waals surface area contributed by atoms with Crippen molar-refractivity contribution in [2.24, 2.45) is 5.92 Å². The lowest BCUT2D eigenvalue weighted by molar-refractivity contribution is -0.257. The quantitative estimate of drug-likeness (QED) is 0.0275. The van der Waals surface area contributed by atoms with E-state index in [1.54, 1.807) is 78.9 Å². The van der Waals surface area contributed by atoms with Crippen molar-refractivity contribution in [3.8, 4) is 0 Å². The second-order valence-electron chi connectivity index (χ2n) is 30.6. The molecule has 0 bridgehead atoms. The molecule has 556 valence electrons. The highest BCUT2D eigenvalue weighted by Crippen LogP contribution is 2.50. The van der Waals surface area contributed by atoms with E-state index in [2.05, 4.69) is 139 Å². The highest BCUT2D eigenvalue weighted by Gasteiger charge is 2.66. The molecule has 5 fully saturated rings. The van der Waals surface area contributed by atoms with Gasteiger partial charge in [0.1, 0.15) is 43.2 Å². The van der Waals surface area contributed by atoms with E-state index >= 15 is 8.42 Å². The molecule has 0 amide bonds. The third-order valence-electron chi connectivity index (χ3n) is 21.5. The summed E-state index contributed by atoms with van der Waals surface area (Å²) in [5.41, 5.74) is 0.547. The summed E-state index contributed by atoms with van der Waals surface area (Å²) >= 11 is 0. The smallest absolute Gasteiger partial charge is 0.338 e. The molecule has 7 aromatic rings. The van der Waals surface area contributed by atoms with Crippen LogP contribution in [-0.2, 0) is 70.8 Å². The molecular formula is C83H102O18SSi2. The van der Waals surface area contributed by atoms with Gasteiger partial charge in [-0.1, -0.05) is 217 Å². The summed E-state index contributed by atoms with van der Waals surface area (Å²) in [4.78, 5) is 27.5. The van der Waals surface area contributed by atoms with Gasteiger partial charge in [-0.25, -0.2) is 18.0 Å². The van der Waals surface area contributed by atoms with Crippen molar-refractivity contribution in [1.82, 2.24) is 0 Å². The minimum atomic E-state index is -4.56. The normalized spacial score (nSPS) is 26.6. The zero-order valence-corrected chi connectivity index (χ0v) is 64.3. The third kappa shape index (κ3) is 16.3. The van der Waals surface area contributed by atoms with Gasteiger partial charge in [-0.2, -0.15) is 0 Å². The number of carbonyl (C=O) groups excluding carboxylic acids is 2. The van der Waals surface area contributed by atoms with Gasteiger partial charge in [0.05, 0.1) is 76.7 Å². The highest BCUT2D eigenvalue weighted by molar-refractivity contribution is 7.92. The van der Waals surface area contributed by atoms with Gasteiger partial charge in [0.2, 0.25) is 0 Å². The molecule has 7 aromatic carbocycles. The number of hydrogen-bond acceptors (Lipinski definition) is 18. The molecule has 1 unspecified atom stereocenters. The molecule has 5 aliphatic heterocycles. The minimum Gasteiger partial charge on any atom is -0.458 e. The predicted molar refractivity (Wildman–Crippen MR) is 400 cm³/mol. The Morgan fingerprint density at radius 1 is 0.529 bits per heavy atom. The van der Waals surface area contributed by atoms with Gasteiger partial charge in [0, 0.05) is 52.9 Å². The van der Waals surface area contributed by atoms with E-state index in [1.807, 2.05) is 38.1 Å². The molecule has 5 heterocycles. The fourth-order valence-electron chi connectivity index (χ4n) is 16.8. The second kappa shape index (κ2) is 32.8. The molecule has 0 radical (unpaired) electrons. The number of methoxy groups -OCH3 is 3. The van der Waals surface area contributed by atoms with Crippen LogP contribution in [0.1, 0.15) is 115 Å². The molecule has 21 heteroatoms. The first kappa shape index (κ1) is 77.0. The summed E-state index contributed by atoms with van der Waals surface area (Å²) in [5, 5.41) is 15.3. The molecule has 0 saturated carbocycles. The summed E-state index contributed by atoms with van der Waals surface area (Å²) in [5.74, 6) is -3.31. The van der Waals surface area contributed by atoms with Gasteiger partial charge in [-0.3, -0.25) is 0 Å². The molecule has 16 atom stereocenters. The summed E-state index contributed by atoms with van der Waals surface area (Å²) in [6.07, 6.45) is -12.3. The zero-order chi connectivity index (χ0) is 73.6. The van der Waals surface area contributed by atoms with Gasteiger partial charge in [0.15, 0.2) is 21.9 Å². The molecule has 104 heavy (non-hydrogen) atoms. The standard InChI is InChI=1S/C83H102O18SSi2/c1-81(2,3)103(61-39-25-15-26-40-61,62-41-27-16-28-42-62)100-74-69(51-59-54-93-83(7,8)99-59)98-76-75(74)97-66-48-47-57(94-73(66)77(76)101-104(82(4,5)6,63-43-29-17-30-44-63)64-45-31-18-32-46-64)49-65(84)78(102(87,88)60-37-23-14-24-38-60)71-67(52-70(89-9)90-10)96-68(72(71)91-11)50-58(95-80(86)56-35-21-13-22-36-56)53-92-79(85)55-33-19-12-20-34-55/h12-46,57-59,65-78,84H,47-54H2,1-11H3/t57-,58-,59-,65?,66+,67+,68-,69-,71+,72+,73+,74+,75+,76-,77+,78-/m1/s1. The van der Waals surface area contributed by atoms with Crippen LogP contribution in [0, 0.1) is 5.92 Å². The number of aliphatic hydroxyl groups excluding tert-OH is 1. The number of rotatable bonds is 28. The van der Waals surface area contributed by atoms with E-state index < -0.39 is 151 Å². The number of ether oxygens (including phenoxy) is 11. The number of carbonyl (C=O) groups is 2. The maximum Gasteiger partial charge on any atom is 0.338 e. The largest absolute Gasteiger partial charge is 0.458 e. The molecule has 0 aliphatic carbocycles. The van der Waals surface area contributed by atoms with Gasteiger partial charge in [0.25, 0.3) is 16.6 Å². The van der Waals surface area contributed by atoms with Crippen LogP contribution in [0.15, 0.2) is 217 Å². The van der Waals surface area contributed by atoms with Crippen molar-refractivity contribution in [3.05, 3.63) is 223 Å². The number of esters is 2. The molecule has 0 aromatic heterocycles. The summed E-state index contributed by atoms with van der Waals surface area (Å²) in [6, 6.07) is 67.0. The minimum absolute atomic E-state index is 0.0106. The van der Waals surface area contributed by atoms with Crippen LogP contribution in [0.2, 0.25) is 10.1 Å². The van der Waals surface area contributed by atoms with Crippen LogP contribution in [-0.4, -0.2) is 179 Å². The van der Waals surface area contributed by atoms with Crippen LogP contribution in [0.3, 0.4) is 0 Å². The predicted octanol–water partition coefficient (Wildman–Crippen LogP) is 11.0. The lowest BCUT2D eigenvalue weighted by Gasteiger charge is -2.53. The molecule has 18 nitrogen and oxygen atoms in total. The van der Waals surface area contributed by atoms with Crippen molar-refractivity contribution in [3.63, 3.8) is 0 Å². The average molecular weight is 1480 g/mol. The molecule has 1 N–H and O–H groups in total. The van der Waals surface area contributed by atoms with Crippen molar-refractivity contribution >= 4 is 59.2 Å². The molecule has 0 spiro atoms. The first-order valence-electron chi connectivity index (χ1n) is 36.4. The Labute approximate surface area is 615 Å². The fourth-order valence-corrected chi connectivity index (χ4v) is 28.3. The third-order valence-corrected chi connectivity index (χ3v) is 33.8. The van der Waals surface area contributed by atoms with E-state index in [0.29, 0.717) is 25.9 Å². The first-order chi connectivity index (χ1) is 49.9. The summed E-state index contributed by atoms with van der Waals surface area (Å²) in [6.45, 7) is 17.3. The van der Waals surface area contributed by atoms with E-state index in [1.165, 1.54) is 33.5 Å². The van der Waals surface area contributed by atoms with Gasteiger partial charge < -0.3 is 66.1 Å². The van der Waals surface area contributed by atoms with Gasteiger partial charge >= 0.3 is 11.9 Å². The first-order valence-corrected chi connectivity index (χ1v) is 41.8. The Bertz CT molecular complexity index is 3920. The Kier molecular flexibility index (Phi) is 24.3. The Balaban J connectivity index is 0.945. The van der Waals surface area contributed by atoms with Crippen LogP contribution >= 0.6 is 0 Å². The SMILES string of the molecule is COC(C[C@@H]1O[C@H](C[C@H](COC(=O)c2ccccc2)OC(=O)c2ccccc2)[C@H](OC)[C@H]1[C@@H](C(O)C[C@H]1CC[C@@H]2O[C@@H]3[C@@H](O[C@H](C[C@@H]4COC(C)(C)O4)[C@@H]3O[Si](c3ccccc3)(c3ccccc3)C(C)(C)C)[C@@H](O[Si](c3ccccc3)(c3ccccc3)C(C)(C)C)[C@H]2O1)S(=O)(=O)c1ccccc1)OC. The van der Waals surface area contributed by atoms with Crippen molar-refractivity contribution in [2.75, 3.05) is 34.5 Å². The Morgan fingerprint density at radius 3 is 1.47 bits per heavy atom. The van der Waals surface area contributed by atoms with Gasteiger partial charge in [-0.15, -0.1) is 0 Å². The van der Waals surface area contributed by atoms with Crippen LogP contribution in [0.4, 0.5) is 0 Å². The van der Waals surface area contributed by atoms with E-state index in [4.69, 9.17) is 61.0 Å². The Morgan fingerprint density at radius 2 is 1.00 bits per heavy atom. The van der Waals surface area contributed by atoms with Crippen molar-refractivity contribution in [1.29, 1.82) is 0 Å². The molecular weight excluding hydrogens is 1370 g/mol. The van der Waals surface area contributed by atoms with Crippen LogP contribution < -0.4 is 20.7 Å². The van der Waals surface area contributed by atoms with E-state index in [0.717, 1.165) is 20.7 Å². The number of hydrogen-bond donors (Lipinski definition) is 1. The summed E-state index contributed by atoms with van der Waals surface area (Å²) in [7, 11) is -7.06. The number of sulfone groups is 1. The summed E-state index contributed by atoms with van der Waals surface area (Å²) < 4.78 is 122. The number of benzene rings is 7. The molecule has 12 rings (SSSR count). The maximum absolute atomic E-state index is 16.1. The lowest BCUT2D eigenvalue weighted by Crippen LogP contribution is -2.73. The number of aliphatic hydroxyl groups is 1. The second-order valence-corrected chi connectivity index (χ2v) is 41.2. The van der Waals surface area contributed by atoms with Crippen molar-refractivity contribution in [2.45, 2.75) is 212 Å². The van der Waals surface area contributed by atoms with Crippen molar-refractivity contribution < 1.29 is 84.1 Å². The van der Waals surface area contributed by atoms with Crippen LogP contribution in [0.25, 0.3) is 0 Å². The average Bonchev–Trinajstić information content (AvgIpc) is 1.31. The van der Waals surface area contributed by atoms with E-state index in [9.17, 15) is 14.7 Å². The lowest BCUT2D eigenvalue weighted by atomic mass is 9.84. The Hall–Kier alpha value is -6.62. The molecule has 5 aliphatic rings. The van der Waals surface area contributed by atoms with Crippen LogP contribution in [0.5, 0.6) is 0 Å². The topological polar surface area (TPSA) is 208 Å². The van der Waals surface area contributed by atoms with E-state index in [-0.39, 0.29) is 48.0 Å². The zero-order valence-electron chi connectivity index (χ0n) is 61.5. The molecule has 5 saturated heterocycles. The van der Waals surface area contributed by atoms with Gasteiger partial charge in [-0.05, 0) is 93.9 Å².